The van der Waals surface area contributed by atoms with Crippen LogP contribution < -0.4 is 11.4 Å². The van der Waals surface area contributed by atoms with Gasteiger partial charge in [-0.05, 0) is 6.07 Å². The molecule has 1 aromatic heterocycles. The SMILES string of the molecule is Nc1ccn(C2OC(CO)C(O)[C@]2(F)Cl)c(=O)n1. The van der Waals surface area contributed by atoms with E-state index >= 15 is 0 Å². The monoisotopic (exact) mass is 279 g/mol. The topological polar surface area (TPSA) is 111 Å². The van der Waals surface area contributed by atoms with Gasteiger partial charge in [-0.2, -0.15) is 4.98 Å². The van der Waals surface area contributed by atoms with Crippen LogP contribution in [0.15, 0.2) is 17.1 Å². The molecule has 1 aliphatic rings. The van der Waals surface area contributed by atoms with Crippen molar-refractivity contribution in [3.63, 3.8) is 0 Å². The summed E-state index contributed by atoms with van der Waals surface area (Å²) < 4.78 is 19.9. The van der Waals surface area contributed by atoms with Crippen molar-refractivity contribution in [2.75, 3.05) is 12.3 Å². The Hall–Kier alpha value is -1.22. The number of nitrogens with two attached hydrogens (primary N) is 1. The first kappa shape index (κ1) is 13.2. The minimum atomic E-state index is -2.74. The van der Waals surface area contributed by atoms with E-state index in [4.69, 9.17) is 27.2 Å². The number of ether oxygens (including phenoxy) is 1. The molecule has 1 saturated heterocycles. The second-order valence-electron chi connectivity index (χ2n) is 3.87. The molecular formula is C9H11ClFN3O4. The van der Waals surface area contributed by atoms with Crippen molar-refractivity contribution in [1.82, 2.24) is 9.55 Å². The maximum Gasteiger partial charge on any atom is 0.351 e. The third kappa shape index (κ3) is 1.97. The molecule has 100 valence electrons. The number of nitrogen functional groups attached to an aromatic ring is 1. The summed E-state index contributed by atoms with van der Waals surface area (Å²) in [6, 6.07) is 1.26. The van der Waals surface area contributed by atoms with Gasteiger partial charge in [0.05, 0.1) is 6.61 Å². The highest BCUT2D eigenvalue weighted by atomic mass is 35.5. The Morgan fingerprint density at radius 3 is 2.89 bits per heavy atom. The lowest BCUT2D eigenvalue weighted by Crippen LogP contribution is -2.41. The summed E-state index contributed by atoms with van der Waals surface area (Å²) in [4.78, 5) is 14.9. The van der Waals surface area contributed by atoms with Crippen molar-refractivity contribution in [3.8, 4) is 0 Å². The molecule has 1 aliphatic heterocycles. The van der Waals surface area contributed by atoms with Crippen LogP contribution in [-0.2, 0) is 4.74 Å². The lowest BCUT2D eigenvalue weighted by molar-refractivity contribution is -0.0517. The van der Waals surface area contributed by atoms with Gasteiger partial charge in [0.1, 0.15) is 18.0 Å². The summed E-state index contributed by atoms with van der Waals surface area (Å²) in [5.74, 6) is -0.0347. The van der Waals surface area contributed by atoms with E-state index in [-0.39, 0.29) is 5.82 Å². The van der Waals surface area contributed by atoms with E-state index in [2.05, 4.69) is 4.98 Å². The normalized spacial score (nSPS) is 35.9. The van der Waals surface area contributed by atoms with Crippen LogP contribution in [0.25, 0.3) is 0 Å². The Bertz CT molecular complexity index is 509. The molecule has 18 heavy (non-hydrogen) atoms. The van der Waals surface area contributed by atoms with E-state index in [9.17, 15) is 14.3 Å². The van der Waals surface area contributed by atoms with Crippen LogP contribution in [0.4, 0.5) is 10.2 Å². The van der Waals surface area contributed by atoms with Gasteiger partial charge in [-0.25, -0.2) is 9.18 Å². The molecular weight excluding hydrogens is 269 g/mol. The standard InChI is InChI=1S/C9H11ClFN3O4/c10-9(11)6(16)4(3-15)18-7(9)14-2-1-5(12)13-8(14)17/h1-2,4,6-7,15-16H,3H2,(H2,12,13,17)/t4?,6?,7?,9-/m1/s1. The highest BCUT2D eigenvalue weighted by Crippen LogP contribution is 2.43. The van der Waals surface area contributed by atoms with E-state index in [0.29, 0.717) is 0 Å². The fourth-order valence-electron chi connectivity index (χ4n) is 1.72. The zero-order chi connectivity index (χ0) is 13.5. The lowest BCUT2D eigenvalue weighted by atomic mass is 10.1. The summed E-state index contributed by atoms with van der Waals surface area (Å²) in [6.07, 6.45) is -3.43. The molecule has 0 spiro atoms. The van der Waals surface area contributed by atoms with Crippen LogP contribution in [0.3, 0.4) is 0 Å². The Kier molecular flexibility index (Phi) is 3.28. The number of nitrogens with zero attached hydrogens (tertiary/aromatic N) is 2. The Morgan fingerprint density at radius 2 is 2.39 bits per heavy atom. The van der Waals surface area contributed by atoms with E-state index in [1.54, 1.807) is 0 Å². The number of anilines is 1. The van der Waals surface area contributed by atoms with Crippen molar-refractivity contribution in [3.05, 3.63) is 22.7 Å². The van der Waals surface area contributed by atoms with Gasteiger partial charge in [0.2, 0.25) is 0 Å². The number of alkyl halides is 2. The zero-order valence-corrected chi connectivity index (χ0v) is 9.79. The van der Waals surface area contributed by atoms with Gasteiger partial charge in [-0.15, -0.1) is 0 Å². The fourth-order valence-corrected chi connectivity index (χ4v) is 2.02. The predicted octanol–water partition coefficient (Wildman–Crippen LogP) is -1.02. The zero-order valence-electron chi connectivity index (χ0n) is 9.03. The van der Waals surface area contributed by atoms with Gasteiger partial charge >= 0.3 is 5.69 Å². The molecule has 1 fully saturated rings. The van der Waals surface area contributed by atoms with Crippen molar-refractivity contribution in [2.24, 2.45) is 0 Å². The number of aromatic nitrogens is 2. The van der Waals surface area contributed by atoms with Crippen LogP contribution in [0.1, 0.15) is 6.23 Å². The molecule has 4 N–H and O–H groups in total. The highest BCUT2D eigenvalue weighted by Gasteiger charge is 2.57. The van der Waals surface area contributed by atoms with Crippen molar-refractivity contribution < 1.29 is 19.3 Å². The maximum absolute atomic E-state index is 14.1. The van der Waals surface area contributed by atoms with Gasteiger partial charge in [0.15, 0.2) is 6.23 Å². The summed E-state index contributed by atoms with van der Waals surface area (Å²) >= 11 is 5.53. The fraction of sp³-hybridized carbons (Fsp3) is 0.556. The molecule has 0 saturated carbocycles. The lowest BCUT2D eigenvalue weighted by Gasteiger charge is -2.22. The van der Waals surface area contributed by atoms with E-state index in [1.165, 1.54) is 6.07 Å². The molecule has 0 aliphatic carbocycles. The molecule has 1 aromatic rings. The molecule has 4 atom stereocenters. The second kappa shape index (κ2) is 4.47. The van der Waals surface area contributed by atoms with Gasteiger partial charge in [0, 0.05) is 6.20 Å². The quantitative estimate of drug-likeness (QED) is 0.598. The molecule has 2 rings (SSSR count). The molecule has 2 heterocycles. The van der Waals surface area contributed by atoms with Gasteiger partial charge in [-0.1, -0.05) is 11.6 Å². The average molecular weight is 280 g/mol. The number of hydrogen-bond donors (Lipinski definition) is 3. The largest absolute Gasteiger partial charge is 0.394 e. The summed E-state index contributed by atoms with van der Waals surface area (Å²) in [5, 5.41) is 15.7. The minimum absolute atomic E-state index is 0.0347. The number of aliphatic hydroxyl groups is 2. The summed E-state index contributed by atoms with van der Waals surface area (Å²) in [7, 11) is 0. The third-order valence-corrected chi connectivity index (χ3v) is 3.07. The highest BCUT2D eigenvalue weighted by molar-refractivity contribution is 6.23. The molecule has 0 bridgehead atoms. The van der Waals surface area contributed by atoms with E-state index in [0.717, 1.165) is 10.8 Å². The van der Waals surface area contributed by atoms with Crippen LogP contribution >= 0.6 is 11.6 Å². The molecule has 0 radical (unpaired) electrons. The number of hydrogen-bond acceptors (Lipinski definition) is 6. The third-order valence-electron chi connectivity index (χ3n) is 2.66. The number of rotatable bonds is 2. The second-order valence-corrected chi connectivity index (χ2v) is 4.45. The molecule has 7 nitrogen and oxygen atoms in total. The smallest absolute Gasteiger partial charge is 0.351 e. The maximum atomic E-state index is 14.1. The summed E-state index contributed by atoms with van der Waals surface area (Å²) in [6.45, 7) is -0.632. The van der Waals surface area contributed by atoms with Crippen LogP contribution in [-0.4, -0.2) is 43.7 Å². The van der Waals surface area contributed by atoms with Gasteiger partial charge < -0.3 is 20.7 Å². The van der Waals surface area contributed by atoms with Crippen LogP contribution in [0.2, 0.25) is 0 Å². The summed E-state index contributed by atoms with van der Waals surface area (Å²) in [5.41, 5.74) is 4.43. The average Bonchev–Trinajstić information content (AvgIpc) is 2.52. The molecule has 9 heteroatoms. The predicted molar refractivity (Wildman–Crippen MR) is 59.6 cm³/mol. The Balaban J connectivity index is 2.42. The van der Waals surface area contributed by atoms with Gasteiger partial charge in [0.25, 0.3) is 5.13 Å². The Morgan fingerprint density at radius 1 is 1.72 bits per heavy atom. The van der Waals surface area contributed by atoms with Crippen molar-refractivity contribution >= 4 is 17.4 Å². The van der Waals surface area contributed by atoms with E-state index in [1.807, 2.05) is 0 Å². The molecule has 0 aromatic carbocycles. The first-order chi connectivity index (χ1) is 8.37. The van der Waals surface area contributed by atoms with Crippen molar-refractivity contribution in [1.29, 1.82) is 0 Å². The molecule has 3 unspecified atom stereocenters. The first-order valence-electron chi connectivity index (χ1n) is 5.04. The van der Waals surface area contributed by atoms with Crippen molar-refractivity contribution in [2.45, 2.75) is 23.6 Å². The number of halogens is 2. The van der Waals surface area contributed by atoms with E-state index < -0.39 is 35.9 Å². The van der Waals surface area contributed by atoms with Crippen LogP contribution in [0.5, 0.6) is 0 Å². The first-order valence-corrected chi connectivity index (χ1v) is 5.42. The van der Waals surface area contributed by atoms with Crippen LogP contribution in [0, 0.1) is 0 Å². The molecule has 0 amide bonds. The number of aliphatic hydroxyl groups excluding tert-OH is 2. The minimum Gasteiger partial charge on any atom is -0.394 e. The van der Waals surface area contributed by atoms with Gasteiger partial charge in [-0.3, -0.25) is 4.57 Å². The Labute approximate surface area is 106 Å².